The second-order valence-corrected chi connectivity index (χ2v) is 7.06. The van der Waals surface area contributed by atoms with E-state index in [2.05, 4.69) is 26.1 Å². The number of aliphatic hydroxyl groups excluding tert-OH is 1. The molecule has 2 rings (SSSR count). The first kappa shape index (κ1) is 12.9. The molecule has 98 valence electrons. The fourth-order valence-corrected chi connectivity index (χ4v) is 3.71. The molecule has 3 heteroatoms. The van der Waals surface area contributed by atoms with E-state index in [1.807, 2.05) is 0 Å². The minimum Gasteiger partial charge on any atom is -0.394 e. The molecule has 0 aliphatic heterocycles. The van der Waals surface area contributed by atoms with Crippen molar-refractivity contribution in [2.45, 2.75) is 58.4 Å². The van der Waals surface area contributed by atoms with Crippen LogP contribution < -0.4 is 5.32 Å². The molecule has 2 aliphatic carbocycles. The van der Waals surface area contributed by atoms with Crippen molar-refractivity contribution >= 4 is 5.91 Å². The molecule has 17 heavy (non-hydrogen) atoms. The number of amides is 1. The van der Waals surface area contributed by atoms with E-state index in [4.69, 9.17) is 0 Å². The van der Waals surface area contributed by atoms with Crippen LogP contribution in [0.25, 0.3) is 0 Å². The first-order valence-corrected chi connectivity index (χ1v) is 6.79. The van der Waals surface area contributed by atoms with Crippen LogP contribution in [0.1, 0.15) is 52.9 Å². The van der Waals surface area contributed by atoms with E-state index in [1.165, 1.54) is 6.42 Å². The molecule has 0 aromatic carbocycles. The largest absolute Gasteiger partial charge is 0.394 e. The second-order valence-electron chi connectivity index (χ2n) is 7.06. The summed E-state index contributed by atoms with van der Waals surface area (Å²) in [5.41, 5.74) is -0.169. The van der Waals surface area contributed by atoms with Crippen molar-refractivity contribution in [2.75, 3.05) is 6.61 Å². The molecule has 0 unspecified atom stereocenters. The van der Waals surface area contributed by atoms with Crippen LogP contribution in [0.15, 0.2) is 0 Å². The summed E-state index contributed by atoms with van der Waals surface area (Å²) < 4.78 is 0. The molecular weight excluding hydrogens is 214 g/mol. The van der Waals surface area contributed by atoms with Crippen LogP contribution >= 0.6 is 0 Å². The minimum atomic E-state index is -0.374. The Morgan fingerprint density at radius 1 is 1.35 bits per heavy atom. The first-order chi connectivity index (χ1) is 7.86. The van der Waals surface area contributed by atoms with Crippen LogP contribution in [0.5, 0.6) is 0 Å². The van der Waals surface area contributed by atoms with E-state index in [1.54, 1.807) is 0 Å². The molecule has 1 amide bonds. The van der Waals surface area contributed by atoms with Gasteiger partial charge in [0.05, 0.1) is 12.1 Å². The van der Waals surface area contributed by atoms with Gasteiger partial charge < -0.3 is 10.4 Å². The van der Waals surface area contributed by atoms with E-state index >= 15 is 0 Å². The third-order valence-corrected chi connectivity index (χ3v) is 4.10. The zero-order valence-electron chi connectivity index (χ0n) is 11.3. The average Bonchev–Trinajstić information content (AvgIpc) is 2.96. The second kappa shape index (κ2) is 4.27. The Balaban J connectivity index is 2.08. The SMILES string of the molecule is C[C@@H]1CC(C)(C)C[C@@](CO)(NC(=O)C2CC2)C1. The van der Waals surface area contributed by atoms with Gasteiger partial charge in [-0.3, -0.25) is 4.79 Å². The van der Waals surface area contributed by atoms with Gasteiger partial charge >= 0.3 is 0 Å². The highest BCUT2D eigenvalue weighted by atomic mass is 16.3. The predicted octanol–water partition coefficient (Wildman–Crippen LogP) is 2.09. The summed E-state index contributed by atoms with van der Waals surface area (Å²) in [7, 11) is 0. The van der Waals surface area contributed by atoms with E-state index in [0.717, 1.165) is 25.7 Å². The number of rotatable bonds is 3. The number of carbonyl (C=O) groups is 1. The molecule has 0 aromatic rings. The lowest BCUT2D eigenvalue weighted by atomic mass is 9.64. The van der Waals surface area contributed by atoms with Gasteiger partial charge in [-0.2, -0.15) is 0 Å². The summed E-state index contributed by atoms with van der Waals surface area (Å²) in [5.74, 6) is 0.938. The topological polar surface area (TPSA) is 49.3 Å². The zero-order valence-corrected chi connectivity index (χ0v) is 11.3. The smallest absolute Gasteiger partial charge is 0.223 e. The van der Waals surface area contributed by atoms with Crippen LogP contribution in [0.3, 0.4) is 0 Å². The van der Waals surface area contributed by atoms with E-state index in [0.29, 0.717) is 5.92 Å². The monoisotopic (exact) mass is 239 g/mol. The van der Waals surface area contributed by atoms with E-state index < -0.39 is 0 Å². The Morgan fingerprint density at radius 3 is 2.47 bits per heavy atom. The summed E-state index contributed by atoms with van der Waals surface area (Å²) in [4.78, 5) is 11.9. The van der Waals surface area contributed by atoms with Crippen molar-refractivity contribution in [1.29, 1.82) is 0 Å². The van der Waals surface area contributed by atoms with Gasteiger partial charge in [0.15, 0.2) is 0 Å². The lowest BCUT2D eigenvalue weighted by Crippen LogP contribution is -2.57. The number of hydrogen-bond acceptors (Lipinski definition) is 2. The lowest BCUT2D eigenvalue weighted by Gasteiger charge is -2.47. The number of carbonyl (C=O) groups excluding carboxylic acids is 1. The van der Waals surface area contributed by atoms with Gasteiger partial charge in [-0.1, -0.05) is 20.8 Å². The van der Waals surface area contributed by atoms with Crippen molar-refractivity contribution < 1.29 is 9.90 Å². The van der Waals surface area contributed by atoms with Gasteiger partial charge in [0.2, 0.25) is 5.91 Å². The summed E-state index contributed by atoms with van der Waals surface area (Å²) in [6.45, 7) is 6.75. The third kappa shape index (κ3) is 3.01. The van der Waals surface area contributed by atoms with E-state index in [9.17, 15) is 9.90 Å². The molecule has 2 N–H and O–H groups in total. The molecule has 2 atom stereocenters. The maximum atomic E-state index is 11.9. The van der Waals surface area contributed by atoms with Gasteiger partial charge in [0.1, 0.15) is 0 Å². The Hall–Kier alpha value is -0.570. The Labute approximate surface area is 104 Å². The fourth-order valence-electron chi connectivity index (χ4n) is 3.71. The van der Waals surface area contributed by atoms with Gasteiger partial charge in [0, 0.05) is 5.92 Å². The quantitative estimate of drug-likeness (QED) is 0.792. The first-order valence-electron chi connectivity index (χ1n) is 6.79. The van der Waals surface area contributed by atoms with Crippen LogP contribution in [-0.4, -0.2) is 23.2 Å². The van der Waals surface area contributed by atoms with Crippen LogP contribution in [0, 0.1) is 17.3 Å². The highest BCUT2D eigenvalue weighted by Crippen LogP contribution is 2.44. The Kier molecular flexibility index (Phi) is 3.23. The zero-order chi connectivity index (χ0) is 12.7. The molecule has 0 aromatic heterocycles. The number of nitrogens with one attached hydrogen (secondary N) is 1. The molecule has 2 saturated carbocycles. The molecule has 0 heterocycles. The van der Waals surface area contributed by atoms with E-state index in [-0.39, 0.29) is 29.4 Å². The van der Waals surface area contributed by atoms with Crippen molar-refractivity contribution in [3.05, 3.63) is 0 Å². The van der Waals surface area contributed by atoms with Crippen molar-refractivity contribution in [2.24, 2.45) is 17.3 Å². The van der Waals surface area contributed by atoms with Crippen molar-refractivity contribution in [3.63, 3.8) is 0 Å². The predicted molar refractivity (Wildman–Crippen MR) is 67.5 cm³/mol. The molecule has 0 spiro atoms. The maximum absolute atomic E-state index is 11.9. The highest BCUT2D eigenvalue weighted by Gasteiger charge is 2.45. The number of aliphatic hydroxyl groups is 1. The van der Waals surface area contributed by atoms with Crippen molar-refractivity contribution in [3.8, 4) is 0 Å². The fraction of sp³-hybridized carbons (Fsp3) is 0.929. The highest BCUT2D eigenvalue weighted by molar-refractivity contribution is 5.81. The summed E-state index contributed by atoms with van der Waals surface area (Å²) in [6.07, 6.45) is 5.01. The molecule has 2 fully saturated rings. The molecule has 3 nitrogen and oxygen atoms in total. The van der Waals surface area contributed by atoms with Crippen molar-refractivity contribution in [1.82, 2.24) is 5.32 Å². The Morgan fingerprint density at radius 2 is 2.00 bits per heavy atom. The van der Waals surface area contributed by atoms with Crippen LogP contribution in [0.2, 0.25) is 0 Å². The molecule has 0 bridgehead atoms. The normalized spacial score (nSPS) is 36.6. The maximum Gasteiger partial charge on any atom is 0.223 e. The molecular formula is C14H25NO2. The van der Waals surface area contributed by atoms with Crippen LogP contribution in [-0.2, 0) is 4.79 Å². The summed E-state index contributed by atoms with van der Waals surface area (Å²) in [5, 5.41) is 12.9. The van der Waals surface area contributed by atoms with Gasteiger partial charge in [-0.15, -0.1) is 0 Å². The summed E-state index contributed by atoms with van der Waals surface area (Å²) >= 11 is 0. The average molecular weight is 239 g/mol. The third-order valence-electron chi connectivity index (χ3n) is 4.10. The molecule has 0 saturated heterocycles. The van der Waals surface area contributed by atoms with Gasteiger partial charge in [0.25, 0.3) is 0 Å². The number of hydrogen-bond donors (Lipinski definition) is 2. The summed E-state index contributed by atoms with van der Waals surface area (Å²) in [6, 6.07) is 0. The lowest BCUT2D eigenvalue weighted by molar-refractivity contribution is -0.126. The standard InChI is InChI=1S/C14H25NO2/c1-10-6-13(2,3)8-14(7-10,9-16)15-12(17)11-4-5-11/h10-11,16H,4-9H2,1-3H3,(H,15,17)/t10-,14+/m1/s1. The molecule has 2 aliphatic rings. The van der Waals surface area contributed by atoms with Gasteiger partial charge in [-0.05, 0) is 43.4 Å². The molecule has 0 radical (unpaired) electrons. The minimum absolute atomic E-state index is 0.0687. The Bertz CT molecular complexity index is 309. The van der Waals surface area contributed by atoms with Gasteiger partial charge in [-0.25, -0.2) is 0 Å². The van der Waals surface area contributed by atoms with Crippen LogP contribution in [0.4, 0.5) is 0 Å².